The van der Waals surface area contributed by atoms with E-state index in [1.807, 2.05) is 55.1 Å². The molecule has 0 bridgehead atoms. The van der Waals surface area contributed by atoms with Gasteiger partial charge < -0.3 is 9.80 Å². The van der Waals surface area contributed by atoms with Crippen molar-refractivity contribution in [2.75, 3.05) is 31.1 Å². The first-order chi connectivity index (χ1) is 15.0. The topological polar surface area (TPSA) is 67.2 Å². The number of piperazine rings is 1. The number of carbonyl (C=O) groups is 1. The fraction of sp³-hybridized carbons (Fsp3) is 0.273. The minimum Gasteiger partial charge on any atom is -0.352 e. The molecule has 4 aromatic rings. The van der Waals surface area contributed by atoms with E-state index in [2.05, 4.69) is 15.0 Å². The van der Waals surface area contributed by atoms with Gasteiger partial charge in [-0.25, -0.2) is 14.6 Å². The maximum absolute atomic E-state index is 12.8. The van der Waals surface area contributed by atoms with Gasteiger partial charge in [0.2, 0.25) is 0 Å². The zero-order valence-corrected chi connectivity index (χ0v) is 18.8. The number of fused-ring (bicyclic) bond motifs is 1. The van der Waals surface area contributed by atoms with Gasteiger partial charge in [0.05, 0.1) is 22.1 Å². The Bertz CT molecular complexity index is 1270. The van der Waals surface area contributed by atoms with Crippen LogP contribution in [-0.4, -0.2) is 56.7 Å². The van der Waals surface area contributed by atoms with Crippen molar-refractivity contribution in [3.63, 3.8) is 0 Å². The summed E-state index contributed by atoms with van der Waals surface area (Å²) in [6, 6.07) is 11.4. The van der Waals surface area contributed by atoms with Crippen LogP contribution in [0.1, 0.15) is 20.4 Å². The van der Waals surface area contributed by atoms with Crippen LogP contribution in [0.3, 0.4) is 0 Å². The summed E-state index contributed by atoms with van der Waals surface area (Å²) in [4.78, 5) is 28.2. The van der Waals surface area contributed by atoms with Crippen LogP contribution in [0.25, 0.3) is 16.7 Å². The van der Waals surface area contributed by atoms with Crippen LogP contribution in [0.5, 0.6) is 0 Å². The highest BCUT2D eigenvalue weighted by atomic mass is 35.5. The van der Waals surface area contributed by atoms with Crippen molar-refractivity contribution in [1.29, 1.82) is 0 Å². The van der Waals surface area contributed by atoms with Gasteiger partial charge in [0.15, 0.2) is 5.65 Å². The van der Waals surface area contributed by atoms with Gasteiger partial charge in [-0.3, -0.25) is 4.79 Å². The molecule has 4 heterocycles. The van der Waals surface area contributed by atoms with E-state index < -0.39 is 0 Å². The number of hydrogen-bond acceptors (Lipinski definition) is 6. The van der Waals surface area contributed by atoms with Crippen LogP contribution in [0, 0.1) is 13.8 Å². The number of halogens is 1. The first-order valence-corrected chi connectivity index (χ1v) is 11.3. The third-order valence-corrected chi connectivity index (χ3v) is 6.61. The van der Waals surface area contributed by atoms with Crippen LogP contribution >= 0.6 is 22.9 Å². The molecule has 1 aliphatic rings. The minimum atomic E-state index is 0.107. The van der Waals surface area contributed by atoms with E-state index in [9.17, 15) is 4.79 Å². The van der Waals surface area contributed by atoms with Crippen molar-refractivity contribution in [2.24, 2.45) is 0 Å². The fourth-order valence-electron chi connectivity index (χ4n) is 3.86. The second-order valence-corrected chi connectivity index (χ2v) is 9.28. The molecule has 5 rings (SSSR count). The average molecular weight is 453 g/mol. The van der Waals surface area contributed by atoms with E-state index in [0.717, 1.165) is 32.3 Å². The molecule has 3 aromatic heterocycles. The Labute approximate surface area is 188 Å². The van der Waals surface area contributed by atoms with Crippen LogP contribution in [0.2, 0.25) is 5.02 Å². The first-order valence-electron chi connectivity index (χ1n) is 10.1. The molecule has 1 fully saturated rings. The molecule has 7 nitrogen and oxygen atoms in total. The van der Waals surface area contributed by atoms with Gasteiger partial charge in [0.1, 0.15) is 11.6 Å². The monoisotopic (exact) mass is 452 g/mol. The summed E-state index contributed by atoms with van der Waals surface area (Å²) in [6.45, 7) is 6.64. The van der Waals surface area contributed by atoms with Crippen molar-refractivity contribution in [3.05, 3.63) is 63.2 Å². The zero-order chi connectivity index (χ0) is 21.5. The lowest BCUT2D eigenvalue weighted by Gasteiger charge is -2.35. The Hall–Kier alpha value is -2.97. The van der Waals surface area contributed by atoms with Crippen molar-refractivity contribution < 1.29 is 4.79 Å². The molecule has 0 spiro atoms. The highest BCUT2D eigenvalue weighted by Crippen LogP contribution is 2.28. The molecule has 1 saturated heterocycles. The molecule has 31 heavy (non-hydrogen) atoms. The van der Waals surface area contributed by atoms with Crippen LogP contribution in [-0.2, 0) is 0 Å². The number of benzene rings is 1. The molecule has 0 atom stereocenters. The fourth-order valence-corrected chi connectivity index (χ4v) is 4.88. The minimum absolute atomic E-state index is 0.107. The number of amides is 1. The van der Waals surface area contributed by atoms with Crippen LogP contribution < -0.4 is 4.90 Å². The summed E-state index contributed by atoms with van der Waals surface area (Å²) in [7, 11) is 0. The van der Waals surface area contributed by atoms with Crippen molar-refractivity contribution in [2.45, 2.75) is 13.8 Å². The van der Waals surface area contributed by atoms with Gasteiger partial charge in [-0.1, -0.05) is 17.7 Å². The normalized spacial score (nSPS) is 14.4. The lowest BCUT2D eigenvalue weighted by Crippen LogP contribution is -2.49. The molecule has 0 aliphatic carbocycles. The Morgan fingerprint density at radius 2 is 1.87 bits per heavy atom. The van der Waals surface area contributed by atoms with Gasteiger partial charge in [-0.05, 0) is 44.2 Å². The molecule has 0 N–H and O–H groups in total. The second kappa shape index (κ2) is 7.94. The highest BCUT2D eigenvalue weighted by molar-refractivity contribution is 7.13. The molecule has 1 amide bonds. The maximum Gasteiger partial charge on any atom is 0.264 e. The smallest absolute Gasteiger partial charge is 0.264 e. The Morgan fingerprint density at radius 1 is 1.06 bits per heavy atom. The largest absolute Gasteiger partial charge is 0.352 e. The number of carbonyl (C=O) groups excluding carboxylic acids is 1. The Balaban J connectivity index is 1.42. The SMILES string of the molecule is Cc1nc(N2CCN(C(=O)c3ccc(C)s3)CC2)c2cnn(-c3cccc(Cl)c3)c2n1. The van der Waals surface area contributed by atoms with Gasteiger partial charge in [-0.2, -0.15) is 5.10 Å². The quantitative estimate of drug-likeness (QED) is 0.468. The third-order valence-electron chi connectivity index (χ3n) is 5.39. The molecule has 1 aromatic carbocycles. The maximum atomic E-state index is 12.8. The van der Waals surface area contributed by atoms with Crippen LogP contribution in [0.4, 0.5) is 5.82 Å². The number of nitrogens with zero attached hydrogens (tertiary/aromatic N) is 6. The number of rotatable bonds is 3. The first kappa shape index (κ1) is 20.0. The third kappa shape index (κ3) is 3.77. The summed E-state index contributed by atoms with van der Waals surface area (Å²) in [6.07, 6.45) is 1.80. The molecular weight excluding hydrogens is 432 g/mol. The van der Waals surface area contributed by atoms with Crippen LogP contribution in [0.15, 0.2) is 42.6 Å². The highest BCUT2D eigenvalue weighted by Gasteiger charge is 2.26. The summed E-state index contributed by atoms with van der Waals surface area (Å²) in [5.74, 6) is 1.64. The zero-order valence-electron chi connectivity index (χ0n) is 17.2. The average Bonchev–Trinajstić information content (AvgIpc) is 3.39. The summed E-state index contributed by atoms with van der Waals surface area (Å²) in [5, 5.41) is 6.09. The number of aromatic nitrogens is 4. The molecule has 1 aliphatic heterocycles. The predicted molar refractivity (Wildman–Crippen MR) is 124 cm³/mol. The standard InChI is InChI=1S/C22H21ClN6OS/c1-14-6-7-19(31-14)22(30)28-10-8-27(9-11-28)20-18-13-24-29(21(18)26-15(2)25-20)17-5-3-4-16(23)12-17/h3-7,12-13H,8-11H2,1-2H3. The summed E-state index contributed by atoms with van der Waals surface area (Å²) >= 11 is 7.71. The summed E-state index contributed by atoms with van der Waals surface area (Å²) in [5.41, 5.74) is 1.60. The van der Waals surface area contributed by atoms with E-state index >= 15 is 0 Å². The van der Waals surface area contributed by atoms with Gasteiger partial charge in [0, 0.05) is 36.1 Å². The molecule has 0 unspecified atom stereocenters. The van der Waals surface area contributed by atoms with Gasteiger partial charge >= 0.3 is 0 Å². The molecule has 9 heteroatoms. The van der Waals surface area contributed by atoms with E-state index in [0.29, 0.717) is 37.0 Å². The number of anilines is 1. The van der Waals surface area contributed by atoms with Crippen molar-refractivity contribution >= 4 is 45.7 Å². The van der Waals surface area contributed by atoms with E-state index in [4.69, 9.17) is 16.6 Å². The van der Waals surface area contributed by atoms with Gasteiger partial charge in [0.25, 0.3) is 5.91 Å². The molecule has 158 valence electrons. The molecular formula is C22H21ClN6OS. The van der Waals surface area contributed by atoms with Gasteiger partial charge in [-0.15, -0.1) is 11.3 Å². The lowest BCUT2D eigenvalue weighted by atomic mass is 10.2. The molecule has 0 radical (unpaired) electrons. The van der Waals surface area contributed by atoms with E-state index in [1.54, 1.807) is 22.2 Å². The van der Waals surface area contributed by atoms with Crippen molar-refractivity contribution in [3.8, 4) is 5.69 Å². The lowest BCUT2D eigenvalue weighted by molar-refractivity contribution is 0.0751. The summed E-state index contributed by atoms with van der Waals surface area (Å²) < 4.78 is 1.79. The van der Waals surface area contributed by atoms with E-state index in [1.165, 1.54) is 0 Å². The number of thiophene rings is 1. The number of hydrogen-bond donors (Lipinski definition) is 0. The predicted octanol–water partition coefficient (Wildman–Crippen LogP) is 4.11. The molecule has 0 saturated carbocycles. The van der Waals surface area contributed by atoms with Crippen molar-refractivity contribution in [1.82, 2.24) is 24.6 Å². The number of aryl methyl sites for hydroxylation is 2. The Morgan fingerprint density at radius 3 is 2.58 bits per heavy atom. The Kier molecular flexibility index (Phi) is 5.11. The second-order valence-electron chi connectivity index (χ2n) is 7.56. The van der Waals surface area contributed by atoms with E-state index in [-0.39, 0.29) is 5.91 Å².